The fourth-order valence-electron chi connectivity index (χ4n) is 3.40. The molecule has 23 heavy (non-hydrogen) atoms. The van der Waals surface area contributed by atoms with Crippen molar-refractivity contribution in [1.29, 1.82) is 0 Å². The van der Waals surface area contributed by atoms with Gasteiger partial charge < -0.3 is 15.3 Å². The van der Waals surface area contributed by atoms with E-state index in [1.54, 1.807) is 0 Å². The molecular weight excluding hydrogens is 288 g/mol. The Labute approximate surface area is 139 Å². The average Bonchev–Trinajstić information content (AvgIpc) is 3.01. The molecule has 3 atom stereocenters. The number of amides is 1. The molecule has 0 aromatic heterocycles. The lowest BCUT2D eigenvalue weighted by Gasteiger charge is -2.33. The molecule has 0 radical (unpaired) electrons. The lowest BCUT2D eigenvalue weighted by atomic mass is 9.97. The zero-order valence-corrected chi connectivity index (χ0v) is 14.4. The molecule has 0 spiro atoms. The van der Waals surface area contributed by atoms with Crippen LogP contribution in [0.15, 0.2) is 30.3 Å². The van der Waals surface area contributed by atoms with Crippen LogP contribution in [0.4, 0.5) is 0 Å². The number of benzene rings is 1. The fraction of sp³-hybridized carbons (Fsp3) is 0.632. The molecule has 4 heteroatoms. The van der Waals surface area contributed by atoms with Crippen molar-refractivity contribution in [2.24, 2.45) is 0 Å². The molecule has 128 valence electrons. The van der Waals surface area contributed by atoms with Crippen LogP contribution in [-0.2, 0) is 4.79 Å². The summed E-state index contributed by atoms with van der Waals surface area (Å²) < 4.78 is 0. The Balaban J connectivity index is 2.15. The lowest BCUT2D eigenvalue weighted by Crippen LogP contribution is -2.45. The largest absolute Gasteiger partial charge is 0.392 e. The molecule has 0 aliphatic carbocycles. The summed E-state index contributed by atoms with van der Waals surface area (Å²) in [6.07, 6.45) is 4.60. The highest BCUT2D eigenvalue weighted by molar-refractivity contribution is 5.82. The number of unbranched alkanes of at least 4 members (excludes halogenated alkanes) is 2. The van der Waals surface area contributed by atoms with Gasteiger partial charge in [-0.2, -0.15) is 0 Å². The molecule has 1 fully saturated rings. The molecule has 1 aliphatic rings. The predicted molar refractivity (Wildman–Crippen MR) is 93.1 cm³/mol. The molecule has 1 saturated heterocycles. The standard InChI is InChI=1S/C19H30N2O2/c1-3-5-7-12-18(15-10-8-6-9-11-15)21(4-2)19(23)17-13-16(22)14-20-17/h6,8-11,16-18,20,22H,3-5,7,12-14H2,1-2H3/t16?,17-,18?/m0/s1. The maximum atomic E-state index is 12.9. The number of β-amino-alcohol motifs (C(OH)–C–C–N with tert-alkyl or cyclic N) is 1. The Bertz CT molecular complexity index is 478. The van der Waals surface area contributed by atoms with E-state index in [0.717, 1.165) is 12.8 Å². The number of rotatable bonds is 8. The van der Waals surface area contributed by atoms with Crippen molar-refractivity contribution < 1.29 is 9.90 Å². The van der Waals surface area contributed by atoms with Crippen molar-refractivity contribution in [2.45, 2.75) is 64.1 Å². The van der Waals surface area contributed by atoms with Gasteiger partial charge in [0.15, 0.2) is 0 Å². The Morgan fingerprint density at radius 1 is 1.30 bits per heavy atom. The summed E-state index contributed by atoms with van der Waals surface area (Å²) in [5, 5.41) is 12.9. The van der Waals surface area contributed by atoms with Crippen molar-refractivity contribution in [3.05, 3.63) is 35.9 Å². The third-order valence-electron chi connectivity index (χ3n) is 4.67. The maximum Gasteiger partial charge on any atom is 0.240 e. The van der Waals surface area contributed by atoms with E-state index in [2.05, 4.69) is 24.4 Å². The van der Waals surface area contributed by atoms with Gasteiger partial charge in [-0.25, -0.2) is 0 Å². The monoisotopic (exact) mass is 318 g/mol. The molecule has 2 rings (SSSR count). The number of likely N-dealkylation sites (N-methyl/N-ethyl adjacent to an activating group) is 1. The van der Waals surface area contributed by atoms with Crippen LogP contribution >= 0.6 is 0 Å². The molecule has 1 aromatic rings. The summed E-state index contributed by atoms with van der Waals surface area (Å²) in [4.78, 5) is 14.9. The van der Waals surface area contributed by atoms with E-state index in [-0.39, 0.29) is 18.0 Å². The van der Waals surface area contributed by atoms with E-state index in [0.29, 0.717) is 19.5 Å². The highest BCUT2D eigenvalue weighted by Gasteiger charge is 2.33. The van der Waals surface area contributed by atoms with Gasteiger partial charge in [-0.15, -0.1) is 0 Å². The molecule has 1 aromatic carbocycles. The summed E-state index contributed by atoms with van der Waals surface area (Å²) in [5.41, 5.74) is 1.21. The summed E-state index contributed by atoms with van der Waals surface area (Å²) in [5.74, 6) is 0.120. The molecule has 1 aliphatic heterocycles. The third-order valence-corrected chi connectivity index (χ3v) is 4.67. The Kier molecular flexibility index (Phi) is 7.06. The SMILES string of the molecule is CCCCCC(c1ccccc1)N(CC)C(=O)[C@@H]1CC(O)CN1. The quantitative estimate of drug-likeness (QED) is 0.725. The average molecular weight is 318 g/mol. The molecule has 1 heterocycles. The highest BCUT2D eigenvalue weighted by atomic mass is 16.3. The van der Waals surface area contributed by atoms with E-state index in [1.165, 1.54) is 18.4 Å². The number of nitrogens with one attached hydrogen (secondary N) is 1. The van der Waals surface area contributed by atoms with Gasteiger partial charge in [0.2, 0.25) is 5.91 Å². The first-order chi connectivity index (χ1) is 11.2. The first-order valence-corrected chi connectivity index (χ1v) is 8.94. The van der Waals surface area contributed by atoms with Crippen LogP contribution < -0.4 is 5.32 Å². The zero-order chi connectivity index (χ0) is 16.7. The Morgan fingerprint density at radius 2 is 2.04 bits per heavy atom. The van der Waals surface area contributed by atoms with Gasteiger partial charge in [-0.3, -0.25) is 4.79 Å². The number of hydrogen-bond acceptors (Lipinski definition) is 3. The predicted octanol–water partition coefficient (Wildman–Crippen LogP) is 2.88. The van der Waals surface area contributed by atoms with Gasteiger partial charge in [0.1, 0.15) is 0 Å². The van der Waals surface area contributed by atoms with Crippen LogP contribution in [0.1, 0.15) is 57.6 Å². The van der Waals surface area contributed by atoms with Crippen LogP contribution in [0.2, 0.25) is 0 Å². The first kappa shape index (κ1) is 18.0. The van der Waals surface area contributed by atoms with Crippen molar-refractivity contribution in [2.75, 3.05) is 13.1 Å². The summed E-state index contributed by atoms with van der Waals surface area (Å²) in [6.45, 7) is 5.45. The maximum absolute atomic E-state index is 12.9. The van der Waals surface area contributed by atoms with E-state index < -0.39 is 6.10 Å². The van der Waals surface area contributed by atoms with Crippen molar-refractivity contribution in [3.8, 4) is 0 Å². The van der Waals surface area contributed by atoms with E-state index in [9.17, 15) is 9.90 Å². The van der Waals surface area contributed by atoms with Crippen LogP contribution in [0.25, 0.3) is 0 Å². The number of carbonyl (C=O) groups excluding carboxylic acids is 1. The molecule has 1 amide bonds. The van der Waals surface area contributed by atoms with Gasteiger partial charge >= 0.3 is 0 Å². The molecular formula is C19H30N2O2. The second kappa shape index (κ2) is 9.04. The molecule has 2 unspecified atom stereocenters. The number of nitrogens with zero attached hydrogens (tertiary/aromatic N) is 1. The second-order valence-corrected chi connectivity index (χ2v) is 6.40. The zero-order valence-electron chi connectivity index (χ0n) is 14.4. The van der Waals surface area contributed by atoms with E-state index >= 15 is 0 Å². The number of hydrogen-bond donors (Lipinski definition) is 2. The van der Waals surface area contributed by atoms with Crippen molar-refractivity contribution in [3.63, 3.8) is 0 Å². The summed E-state index contributed by atoms with van der Waals surface area (Å²) >= 11 is 0. The molecule has 2 N–H and O–H groups in total. The third kappa shape index (κ3) is 4.79. The fourth-order valence-corrected chi connectivity index (χ4v) is 3.40. The van der Waals surface area contributed by atoms with Gasteiger partial charge in [-0.1, -0.05) is 56.5 Å². The van der Waals surface area contributed by atoms with Crippen molar-refractivity contribution in [1.82, 2.24) is 10.2 Å². The van der Waals surface area contributed by atoms with E-state index in [4.69, 9.17) is 0 Å². The van der Waals surface area contributed by atoms with Crippen LogP contribution in [0, 0.1) is 0 Å². The highest BCUT2D eigenvalue weighted by Crippen LogP contribution is 2.28. The lowest BCUT2D eigenvalue weighted by molar-refractivity contribution is -0.135. The van der Waals surface area contributed by atoms with Crippen molar-refractivity contribution >= 4 is 5.91 Å². The van der Waals surface area contributed by atoms with Crippen LogP contribution in [0.3, 0.4) is 0 Å². The molecule has 4 nitrogen and oxygen atoms in total. The van der Waals surface area contributed by atoms with Gasteiger partial charge in [-0.05, 0) is 25.3 Å². The minimum atomic E-state index is -0.405. The smallest absolute Gasteiger partial charge is 0.240 e. The minimum absolute atomic E-state index is 0.120. The van der Waals surface area contributed by atoms with Crippen LogP contribution in [-0.4, -0.2) is 41.1 Å². The first-order valence-electron chi connectivity index (χ1n) is 8.94. The summed E-state index contributed by atoms with van der Waals surface area (Å²) in [6, 6.07) is 10.2. The normalized spacial score (nSPS) is 22.0. The Morgan fingerprint density at radius 3 is 2.61 bits per heavy atom. The number of carbonyl (C=O) groups is 1. The minimum Gasteiger partial charge on any atom is -0.392 e. The Hall–Kier alpha value is -1.39. The van der Waals surface area contributed by atoms with Gasteiger partial charge in [0.05, 0.1) is 18.2 Å². The number of aliphatic hydroxyl groups excluding tert-OH is 1. The molecule has 0 saturated carbocycles. The topological polar surface area (TPSA) is 52.6 Å². The van der Waals surface area contributed by atoms with Gasteiger partial charge in [0.25, 0.3) is 0 Å². The van der Waals surface area contributed by atoms with Gasteiger partial charge in [0, 0.05) is 13.1 Å². The molecule has 0 bridgehead atoms. The second-order valence-electron chi connectivity index (χ2n) is 6.40. The number of aliphatic hydroxyl groups is 1. The van der Waals surface area contributed by atoms with Crippen LogP contribution in [0.5, 0.6) is 0 Å². The van der Waals surface area contributed by atoms with E-state index in [1.807, 2.05) is 30.0 Å². The summed E-state index contributed by atoms with van der Waals surface area (Å²) in [7, 11) is 0.